The maximum absolute atomic E-state index is 12.6. The molecular formula is C20H25NO3. The Hall–Kier alpha value is -2.49. The molecule has 2 aromatic rings. The van der Waals surface area contributed by atoms with E-state index in [9.17, 15) is 4.79 Å². The zero-order valence-electron chi connectivity index (χ0n) is 15.0. The summed E-state index contributed by atoms with van der Waals surface area (Å²) in [5.74, 6) is 1.27. The van der Waals surface area contributed by atoms with E-state index in [0.717, 1.165) is 22.6 Å². The van der Waals surface area contributed by atoms with Gasteiger partial charge in [0.05, 0.1) is 7.11 Å². The van der Waals surface area contributed by atoms with Crippen molar-refractivity contribution in [1.82, 2.24) is 0 Å². The van der Waals surface area contributed by atoms with Crippen molar-refractivity contribution in [2.24, 2.45) is 0 Å². The summed E-state index contributed by atoms with van der Waals surface area (Å²) < 4.78 is 11.0. The normalized spacial score (nSPS) is 11.7. The first-order chi connectivity index (χ1) is 11.4. The van der Waals surface area contributed by atoms with E-state index < -0.39 is 6.10 Å². The molecule has 4 heteroatoms. The van der Waals surface area contributed by atoms with Crippen LogP contribution in [0.3, 0.4) is 0 Å². The molecule has 0 aliphatic rings. The second kappa shape index (κ2) is 7.86. The minimum Gasteiger partial charge on any atom is -0.497 e. The van der Waals surface area contributed by atoms with Gasteiger partial charge >= 0.3 is 0 Å². The van der Waals surface area contributed by atoms with Crippen molar-refractivity contribution in [1.29, 1.82) is 0 Å². The highest BCUT2D eigenvalue weighted by Gasteiger charge is 2.20. The summed E-state index contributed by atoms with van der Waals surface area (Å²) in [6.45, 7) is 7.98. The fourth-order valence-electron chi connectivity index (χ4n) is 2.72. The average molecular weight is 327 g/mol. The largest absolute Gasteiger partial charge is 0.497 e. The molecule has 0 aliphatic carbocycles. The van der Waals surface area contributed by atoms with E-state index in [1.807, 2.05) is 39.8 Å². The third-order valence-electron chi connectivity index (χ3n) is 3.93. The van der Waals surface area contributed by atoms with Crippen molar-refractivity contribution in [3.8, 4) is 11.5 Å². The molecule has 0 radical (unpaired) electrons. The van der Waals surface area contributed by atoms with Crippen LogP contribution in [0.25, 0.3) is 0 Å². The molecule has 24 heavy (non-hydrogen) atoms. The number of anilines is 1. The number of carbonyl (C=O) groups is 1. The summed E-state index contributed by atoms with van der Waals surface area (Å²) in [5, 5.41) is 3.01. The van der Waals surface area contributed by atoms with Gasteiger partial charge in [-0.3, -0.25) is 4.79 Å². The molecule has 2 aromatic carbocycles. The predicted octanol–water partition coefficient (Wildman–Crippen LogP) is 4.42. The van der Waals surface area contributed by atoms with Gasteiger partial charge < -0.3 is 14.8 Å². The highest BCUT2D eigenvalue weighted by atomic mass is 16.5. The van der Waals surface area contributed by atoms with E-state index in [-0.39, 0.29) is 5.91 Å². The quantitative estimate of drug-likeness (QED) is 0.854. The van der Waals surface area contributed by atoms with Gasteiger partial charge in [-0.1, -0.05) is 24.6 Å². The van der Waals surface area contributed by atoms with Gasteiger partial charge in [0.25, 0.3) is 5.91 Å². The van der Waals surface area contributed by atoms with Crippen LogP contribution in [-0.2, 0) is 4.79 Å². The van der Waals surface area contributed by atoms with Crippen molar-refractivity contribution >= 4 is 11.6 Å². The summed E-state index contributed by atoms with van der Waals surface area (Å²) in [5.41, 5.74) is 4.16. The summed E-state index contributed by atoms with van der Waals surface area (Å²) in [6.07, 6.45) is 0.0421. The second-order valence-corrected chi connectivity index (χ2v) is 5.95. The molecule has 0 unspecified atom stereocenters. The lowest BCUT2D eigenvalue weighted by atomic mass is 10.0. The van der Waals surface area contributed by atoms with E-state index in [2.05, 4.69) is 17.4 Å². The number of amides is 1. The monoisotopic (exact) mass is 327 g/mol. The molecule has 0 spiro atoms. The van der Waals surface area contributed by atoms with Crippen LogP contribution in [0.15, 0.2) is 36.4 Å². The third kappa shape index (κ3) is 4.28. The number of ether oxygens (including phenoxy) is 2. The zero-order chi connectivity index (χ0) is 17.7. The number of methoxy groups -OCH3 is 1. The fourth-order valence-corrected chi connectivity index (χ4v) is 2.72. The van der Waals surface area contributed by atoms with E-state index in [0.29, 0.717) is 12.2 Å². The van der Waals surface area contributed by atoms with Gasteiger partial charge in [0.15, 0.2) is 6.10 Å². The highest BCUT2D eigenvalue weighted by Crippen LogP contribution is 2.23. The van der Waals surface area contributed by atoms with E-state index >= 15 is 0 Å². The van der Waals surface area contributed by atoms with E-state index in [1.54, 1.807) is 19.2 Å². The van der Waals surface area contributed by atoms with Crippen molar-refractivity contribution < 1.29 is 14.3 Å². The smallest absolute Gasteiger partial charge is 0.265 e. The Bertz CT molecular complexity index is 684. The fraction of sp³-hybridized carbons (Fsp3) is 0.350. The standard InChI is InChI=1S/C20H25NO3/c1-6-18(24-17-9-7-16(23-5)8-10-17)20(22)21-19-14(3)11-13(2)12-15(19)4/h7-12,18H,6H2,1-5H3,(H,21,22)/t18-/m0/s1. The average Bonchev–Trinajstić information content (AvgIpc) is 2.56. The van der Waals surface area contributed by atoms with Crippen LogP contribution in [-0.4, -0.2) is 19.1 Å². The van der Waals surface area contributed by atoms with Crippen LogP contribution < -0.4 is 14.8 Å². The maximum Gasteiger partial charge on any atom is 0.265 e. The number of hydrogen-bond donors (Lipinski definition) is 1. The molecule has 1 amide bonds. The van der Waals surface area contributed by atoms with Crippen LogP contribution in [0.4, 0.5) is 5.69 Å². The van der Waals surface area contributed by atoms with Crippen molar-refractivity contribution in [3.05, 3.63) is 53.1 Å². The summed E-state index contributed by atoms with van der Waals surface area (Å²) in [4.78, 5) is 12.6. The number of carbonyl (C=O) groups excluding carboxylic acids is 1. The van der Waals surface area contributed by atoms with Gasteiger partial charge in [-0.05, 0) is 62.6 Å². The molecule has 0 saturated carbocycles. The number of benzene rings is 2. The molecule has 0 heterocycles. The first kappa shape index (κ1) is 17.9. The molecule has 1 N–H and O–H groups in total. The molecule has 0 fully saturated rings. The van der Waals surface area contributed by atoms with Gasteiger partial charge in [-0.25, -0.2) is 0 Å². The minimum atomic E-state index is -0.543. The summed E-state index contributed by atoms with van der Waals surface area (Å²) in [6, 6.07) is 11.4. The Kier molecular flexibility index (Phi) is 5.85. The number of nitrogens with one attached hydrogen (secondary N) is 1. The highest BCUT2D eigenvalue weighted by molar-refractivity contribution is 5.95. The lowest BCUT2D eigenvalue weighted by Crippen LogP contribution is -2.32. The Morgan fingerprint density at radius 2 is 1.58 bits per heavy atom. The molecule has 0 aromatic heterocycles. The van der Waals surface area contributed by atoms with Crippen LogP contribution in [0.5, 0.6) is 11.5 Å². The molecule has 0 bridgehead atoms. The Morgan fingerprint density at radius 3 is 2.08 bits per heavy atom. The molecular weight excluding hydrogens is 302 g/mol. The molecule has 0 aliphatic heterocycles. The zero-order valence-corrected chi connectivity index (χ0v) is 15.0. The predicted molar refractivity (Wildman–Crippen MR) is 97.0 cm³/mol. The van der Waals surface area contributed by atoms with Crippen LogP contribution >= 0.6 is 0 Å². The second-order valence-electron chi connectivity index (χ2n) is 5.95. The lowest BCUT2D eigenvalue weighted by Gasteiger charge is -2.19. The SMILES string of the molecule is CC[C@H](Oc1ccc(OC)cc1)C(=O)Nc1c(C)cc(C)cc1C. The third-order valence-corrected chi connectivity index (χ3v) is 3.93. The van der Waals surface area contributed by atoms with Gasteiger partial charge in [-0.15, -0.1) is 0 Å². The molecule has 0 saturated heterocycles. The molecule has 1 atom stereocenters. The topological polar surface area (TPSA) is 47.6 Å². The van der Waals surface area contributed by atoms with Crippen molar-refractivity contribution in [2.45, 2.75) is 40.2 Å². The summed E-state index contributed by atoms with van der Waals surface area (Å²) in [7, 11) is 1.62. The van der Waals surface area contributed by atoms with E-state index in [1.165, 1.54) is 5.56 Å². The van der Waals surface area contributed by atoms with Gasteiger partial charge in [0.1, 0.15) is 11.5 Å². The first-order valence-corrected chi connectivity index (χ1v) is 8.14. The Balaban J connectivity index is 2.11. The van der Waals surface area contributed by atoms with Crippen LogP contribution in [0, 0.1) is 20.8 Å². The number of aryl methyl sites for hydroxylation is 3. The maximum atomic E-state index is 12.6. The number of hydrogen-bond acceptors (Lipinski definition) is 3. The van der Waals surface area contributed by atoms with Crippen molar-refractivity contribution in [3.63, 3.8) is 0 Å². The molecule has 128 valence electrons. The van der Waals surface area contributed by atoms with Gasteiger partial charge in [-0.2, -0.15) is 0 Å². The lowest BCUT2D eigenvalue weighted by molar-refractivity contribution is -0.122. The van der Waals surface area contributed by atoms with Crippen molar-refractivity contribution in [2.75, 3.05) is 12.4 Å². The minimum absolute atomic E-state index is 0.136. The van der Waals surface area contributed by atoms with Crippen LogP contribution in [0.2, 0.25) is 0 Å². The van der Waals surface area contributed by atoms with E-state index in [4.69, 9.17) is 9.47 Å². The van der Waals surface area contributed by atoms with Crippen LogP contribution in [0.1, 0.15) is 30.0 Å². The summed E-state index contributed by atoms with van der Waals surface area (Å²) >= 11 is 0. The molecule has 4 nitrogen and oxygen atoms in total. The first-order valence-electron chi connectivity index (χ1n) is 8.14. The Labute approximate surface area is 143 Å². The van der Waals surface area contributed by atoms with Gasteiger partial charge in [0, 0.05) is 5.69 Å². The van der Waals surface area contributed by atoms with Gasteiger partial charge in [0.2, 0.25) is 0 Å². The number of rotatable bonds is 6. The molecule has 2 rings (SSSR count). The Morgan fingerprint density at radius 1 is 1.04 bits per heavy atom.